The molecule has 11 heteroatoms. The van der Waals surface area contributed by atoms with E-state index in [4.69, 9.17) is 15.5 Å². The van der Waals surface area contributed by atoms with Gasteiger partial charge in [-0.1, -0.05) is 0 Å². The van der Waals surface area contributed by atoms with Crippen molar-refractivity contribution in [1.82, 2.24) is 24.0 Å². The molecule has 1 aliphatic heterocycles. The molecule has 5 rings (SSSR count). The summed E-state index contributed by atoms with van der Waals surface area (Å²) in [5.74, 6) is 0.910. The quantitative estimate of drug-likeness (QED) is 0.434. The molecule has 1 fully saturated rings. The van der Waals surface area contributed by atoms with Crippen LogP contribution in [0.1, 0.15) is 30.1 Å². The average Bonchev–Trinajstić information content (AvgIpc) is 3.39. The van der Waals surface area contributed by atoms with Crippen molar-refractivity contribution in [3.05, 3.63) is 35.9 Å². The summed E-state index contributed by atoms with van der Waals surface area (Å²) in [6.45, 7) is 0.705. The van der Waals surface area contributed by atoms with Crippen LogP contribution in [0.5, 0.6) is 11.6 Å². The minimum absolute atomic E-state index is 0.0223. The maximum Gasteiger partial charge on any atom is 0.388 e. The van der Waals surface area contributed by atoms with E-state index < -0.39 is 6.61 Å². The zero-order valence-corrected chi connectivity index (χ0v) is 20.4. The fourth-order valence-electron chi connectivity index (χ4n) is 4.97. The first-order valence-corrected chi connectivity index (χ1v) is 11.9. The van der Waals surface area contributed by atoms with E-state index in [1.54, 1.807) is 30.2 Å². The predicted octanol–water partition coefficient (Wildman–Crippen LogP) is 3.78. The van der Waals surface area contributed by atoms with E-state index in [2.05, 4.69) is 9.72 Å². The molecule has 1 aromatic carbocycles. The van der Waals surface area contributed by atoms with Crippen molar-refractivity contribution in [2.75, 3.05) is 20.2 Å². The van der Waals surface area contributed by atoms with Gasteiger partial charge in [0.05, 0.1) is 18.3 Å². The number of imidazole rings is 1. The van der Waals surface area contributed by atoms with Crippen molar-refractivity contribution < 1.29 is 23.0 Å². The smallest absolute Gasteiger partial charge is 0.388 e. The van der Waals surface area contributed by atoms with E-state index in [-0.39, 0.29) is 17.8 Å². The largest absolute Gasteiger partial charge is 0.494 e. The van der Waals surface area contributed by atoms with Crippen LogP contribution in [0.25, 0.3) is 33.6 Å². The van der Waals surface area contributed by atoms with Gasteiger partial charge in [-0.15, -0.1) is 0 Å². The number of ether oxygens (including phenoxy) is 2. The Bertz CT molecular complexity index is 1450. The van der Waals surface area contributed by atoms with Crippen LogP contribution < -0.4 is 15.2 Å². The fraction of sp³-hybridized carbons (Fsp3) is 0.400. The summed E-state index contributed by atoms with van der Waals surface area (Å²) in [4.78, 5) is 24.2. The van der Waals surface area contributed by atoms with Gasteiger partial charge in [0, 0.05) is 49.7 Å². The van der Waals surface area contributed by atoms with Gasteiger partial charge in [0.1, 0.15) is 16.9 Å². The van der Waals surface area contributed by atoms with Crippen LogP contribution in [0.15, 0.2) is 30.3 Å². The van der Waals surface area contributed by atoms with Gasteiger partial charge in [-0.25, -0.2) is 4.98 Å². The molecule has 3 aromatic heterocycles. The van der Waals surface area contributed by atoms with E-state index in [0.29, 0.717) is 47.9 Å². The molecule has 9 nitrogen and oxygen atoms in total. The van der Waals surface area contributed by atoms with E-state index in [0.717, 1.165) is 29.4 Å². The maximum absolute atomic E-state index is 13.2. The summed E-state index contributed by atoms with van der Waals surface area (Å²) in [5, 5.41) is 0.768. The zero-order chi connectivity index (χ0) is 25.6. The number of hydrogen-bond donors (Lipinski definition) is 1. The van der Waals surface area contributed by atoms with Gasteiger partial charge >= 0.3 is 6.61 Å². The number of carbonyl (C=O) groups is 1. The second-order valence-corrected chi connectivity index (χ2v) is 8.91. The Kier molecular flexibility index (Phi) is 6.25. The molecule has 36 heavy (non-hydrogen) atoms. The Morgan fingerprint density at radius 3 is 2.75 bits per heavy atom. The summed E-state index contributed by atoms with van der Waals surface area (Å²) >= 11 is 0. The Morgan fingerprint density at radius 1 is 1.25 bits per heavy atom. The number of amides is 1. The van der Waals surface area contributed by atoms with Gasteiger partial charge in [-0.2, -0.15) is 13.8 Å². The highest BCUT2D eigenvalue weighted by Gasteiger charge is 2.25. The molecule has 0 radical (unpaired) electrons. The molecule has 1 amide bonds. The molecule has 0 spiro atoms. The molecular weight excluding hydrogens is 470 g/mol. The number of rotatable bonds is 6. The molecule has 2 N–H and O–H groups in total. The number of aryl methyl sites for hydroxylation is 2. The number of halogens is 2. The first-order valence-electron chi connectivity index (χ1n) is 11.9. The molecular formula is C25H28F2N6O3. The third kappa shape index (κ3) is 4.13. The number of hydrogen-bond acceptors (Lipinski definition) is 6. The standard InChI is InChI=1S/C25H28F2N6O3/c1-4-33-18(11-14-7-8-20(30-22(14)33)36-25(26)27)23-29-17-10-15(12-19(35-3)21(17)31(23)2)24(34)32-9-5-6-16(28)13-32/h7-8,10-12,16,25H,4-6,9,13,28H2,1-3H3. The third-order valence-electron chi connectivity index (χ3n) is 6.62. The van der Waals surface area contributed by atoms with Gasteiger partial charge in [-0.3, -0.25) is 4.79 Å². The molecule has 1 atom stereocenters. The topological polar surface area (TPSA) is 100 Å². The van der Waals surface area contributed by atoms with Crippen molar-refractivity contribution in [3.8, 4) is 23.1 Å². The normalized spacial score (nSPS) is 16.3. The number of carbonyl (C=O) groups excluding carboxylic acids is 1. The van der Waals surface area contributed by atoms with Crippen molar-refractivity contribution in [3.63, 3.8) is 0 Å². The molecule has 4 aromatic rings. The van der Waals surface area contributed by atoms with Gasteiger partial charge < -0.3 is 29.2 Å². The fourth-order valence-corrected chi connectivity index (χ4v) is 4.97. The van der Waals surface area contributed by atoms with Crippen LogP contribution in [-0.4, -0.2) is 62.8 Å². The number of piperidine rings is 1. The lowest BCUT2D eigenvalue weighted by atomic mass is 10.0. The Balaban J connectivity index is 1.61. The van der Waals surface area contributed by atoms with E-state index in [9.17, 15) is 13.6 Å². The second kappa shape index (κ2) is 9.38. The number of likely N-dealkylation sites (tertiary alicyclic amines) is 1. The summed E-state index contributed by atoms with van der Waals surface area (Å²) in [5.41, 5.74) is 9.19. The SMILES string of the molecule is CCn1c(-c2nc3cc(C(=O)N4CCCC(N)C4)cc(OC)c3n2C)cc2ccc(OC(F)F)nc21. The number of benzene rings is 1. The van der Waals surface area contributed by atoms with Gasteiger partial charge in [-0.05, 0) is 44.0 Å². The highest BCUT2D eigenvalue weighted by atomic mass is 19.3. The number of methoxy groups -OCH3 is 1. The first-order chi connectivity index (χ1) is 17.3. The van der Waals surface area contributed by atoms with Gasteiger partial charge in [0.25, 0.3) is 5.91 Å². The average molecular weight is 499 g/mol. The summed E-state index contributed by atoms with van der Waals surface area (Å²) in [6, 6.07) is 8.51. The molecule has 1 saturated heterocycles. The Labute approximate surface area is 206 Å². The maximum atomic E-state index is 13.2. The molecule has 4 heterocycles. The molecule has 0 saturated carbocycles. The lowest BCUT2D eigenvalue weighted by Gasteiger charge is -2.30. The van der Waals surface area contributed by atoms with Crippen molar-refractivity contribution >= 4 is 28.0 Å². The van der Waals surface area contributed by atoms with Crippen molar-refractivity contribution in [2.45, 2.75) is 39.0 Å². The molecule has 0 bridgehead atoms. The van der Waals surface area contributed by atoms with Crippen molar-refractivity contribution in [1.29, 1.82) is 0 Å². The molecule has 0 aliphatic carbocycles. The highest BCUT2D eigenvalue weighted by molar-refractivity contribution is 6.00. The van der Waals surface area contributed by atoms with Crippen molar-refractivity contribution in [2.24, 2.45) is 12.8 Å². The lowest BCUT2D eigenvalue weighted by Crippen LogP contribution is -2.45. The Hall–Kier alpha value is -3.73. The zero-order valence-electron chi connectivity index (χ0n) is 20.4. The van der Waals surface area contributed by atoms with E-state index in [1.807, 2.05) is 29.2 Å². The summed E-state index contributed by atoms with van der Waals surface area (Å²) in [6.07, 6.45) is 1.78. The summed E-state index contributed by atoms with van der Waals surface area (Å²) < 4.78 is 39.4. The minimum atomic E-state index is -2.95. The van der Waals surface area contributed by atoms with Crippen LogP contribution in [0.3, 0.4) is 0 Å². The number of aromatic nitrogens is 4. The van der Waals surface area contributed by atoms with Gasteiger partial charge in [0.15, 0.2) is 5.82 Å². The van der Waals surface area contributed by atoms with Gasteiger partial charge in [0.2, 0.25) is 5.88 Å². The van der Waals surface area contributed by atoms with E-state index >= 15 is 0 Å². The van der Waals surface area contributed by atoms with E-state index in [1.165, 1.54) is 6.07 Å². The lowest BCUT2D eigenvalue weighted by molar-refractivity contribution is -0.0526. The van der Waals surface area contributed by atoms with Crippen LogP contribution in [0, 0.1) is 0 Å². The summed E-state index contributed by atoms with van der Waals surface area (Å²) in [7, 11) is 3.43. The second-order valence-electron chi connectivity index (χ2n) is 8.91. The minimum Gasteiger partial charge on any atom is -0.494 e. The number of alkyl halides is 2. The number of nitrogens with zero attached hydrogens (tertiary/aromatic N) is 5. The number of fused-ring (bicyclic) bond motifs is 2. The third-order valence-corrected chi connectivity index (χ3v) is 6.62. The predicted molar refractivity (Wildman–Crippen MR) is 131 cm³/mol. The van der Waals surface area contributed by atoms with Crippen LogP contribution in [0.2, 0.25) is 0 Å². The highest BCUT2D eigenvalue weighted by Crippen LogP contribution is 2.34. The number of nitrogens with two attached hydrogens (primary N) is 1. The molecule has 1 unspecified atom stereocenters. The molecule has 190 valence electrons. The van der Waals surface area contributed by atoms with Crippen LogP contribution >= 0.6 is 0 Å². The number of pyridine rings is 1. The Morgan fingerprint density at radius 2 is 2.06 bits per heavy atom. The van der Waals surface area contributed by atoms with Crippen LogP contribution in [-0.2, 0) is 13.6 Å². The monoisotopic (exact) mass is 498 g/mol. The van der Waals surface area contributed by atoms with Crippen LogP contribution in [0.4, 0.5) is 8.78 Å². The molecule has 1 aliphatic rings. The first kappa shape index (κ1) is 24.0.